The zero-order chi connectivity index (χ0) is 16.2. The van der Waals surface area contributed by atoms with E-state index < -0.39 is 0 Å². The summed E-state index contributed by atoms with van der Waals surface area (Å²) < 4.78 is 8.02. The van der Waals surface area contributed by atoms with E-state index in [0.29, 0.717) is 5.92 Å². The highest BCUT2D eigenvalue weighted by Gasteiger charge is 2.22. The SMILES string of the molecule is CC(C)c1nnc(SCc2ccccc2Cl)n1CC1CCCO1. The standard InChI is InChI=1S/C17H22ClN3OS/c1-12(2)16-19-20-17(21(16)10-14-7-5-9-22-14)23-11-13-6-3-4-8-15(13)18/h3-4,6,8,12,14H,5,7,9-11H2,1-2H3. The third-order valence-corrected chi connectivity index (χ3v) is 5.37. The lowest BCUT2D eigenvalue weighted by molar-refractivity contribution is 0.0940. The summed E-state index contributed by atoms with van der Waals surface area (Å²) in [6, 6.07) is 7.94. The van der Waals surface area contributed by atoms with E-state index in [9.17, 15) is 0 Å². The lowest BCUT2D eigenvalue weighted by Gasteiger charge is -2.16. The van der Waals surface area contributed by atoms with Crippen molar-refractivity contribution in [3.63, 3.8) is 0 Å². The number of benzene rings is 1. The third-order valence-electron chi connectivity index (χ3n) is 3.99. The number of nitrogens with zero attached hydrogens (tertiary/aromatic N) is 3. The molecule has 0 N–H and O–H groups in total. The van der Waals surface area contributed by atoms with E-state index in [2.05, 4.69) is 34.7 Å². The summed E-state index contributed by atoms with van der Waals surface area (Å²) in [5.41, 5.74) is 1.12. The Morgan fingerprint density at radius 3 is 2.87 bits per heavy atom. The second-order valence-electron chi connectivity index (χ2n) is 6.12. The van der Waals surface area contributed by atoms with Gasteiger partial charge < -0.3 is 9.30 Å². The number of rotatable bonds is 6. The van der Waals surface area contributed by atoms with E-state index in [-0.39, 0.29) is 6.10 Å². The zero-order valence-electron chi connectivity index (χ0n) is 13.5. The smallest absolute Gasteiger partial charge is 0.191 e. The van der Waals surface area contributed by atoms with Gasteiger partial charge in [-0.3, -0.25) is 0 Å². The fourth-order valence-corrected chi connectivity index (χ4v) is 4.00. The maximum Gasteiger partial charge on any atom is 0.191 e. The molecule has 2 aromatic rings. The fourth-order valence-electron chi connectivity index (χ4n) is 2.76. The maximum absolute atomic E-state index is 6.25. The zero-order valence-corrected chi connectivity index (χ0v) is 15.1. The average Bonchev–Trinajstić information content (AvgIpc) is 3.17. The Bertz CT molecular complexity index is 653. The van der Waals surface area contributed by atoms with Crippen molar-refractivity contribution in [3.8, 4) is 0 Å². The van der Waals surface area contributed by atoms with Gasteiger partial charge in [0.1, 0.15) is 5.82 Å². The average molecular weight is 352 g/mol. The van der Waals surface area contributed by atoms with Gasteiger partial charge in [-0.2, -0.15) is 0 Å². The van der Waals surface area contributed by atoms with Gasteiger partial charge in [-0.05, 0) is 24.5 Å². The number of aromatic nitrogens is 3. The van der Waals surface area contributed by atoms with Crippen molar-refractivity contribution >= 4 is 23.4 Å². The van der Waals surface area contributed by atoms with Gasteiger partial charge in [0.05, 0.1) is 12.6 Å². The highest BCUT2D eigenvalue weighted by atomic mass is 35.5. The van der Waals surface area contributed by atoms with Crippen LogP contribution >= 0.6 is 23.4 Å². The Hall–Kier alpha value is -1.04. The first kappa shape index (κ1) is 16.8. The highest BCUT2D eigenvalue weighted by molar-refractivity contribution is 7.98. The first-order valence-corrected chi connectivity index (χ1v) is 9.42. The van der Waals surface area contributed by atoms with Gasteiger partial charge in [-0.25, -0.2) is 0 Å². The van der Waals surface area contributed by atoms with E-state index in [4.69, 9.17) is 16.3 Å². The molecule has 0 spiro atoms. The molecule has 1 aromatic heterocycles. The topological polar surface area (TPSA) is 39.9 Å². The molecule has 1 aliphatic heterocycles. The summed E-state index contributed by atoms with van der Waals surface area (Å²) in [5, 5.41) is 10.5. The fraction of sp³-hybridized carbons (Fsp3) is 0.529. The van der Waals surface area contributed by atoms with Gasteiger partial charge in [0.15, 0.2) is 5.16 Å². The van der Waals surface area contributed by atoms with E-state index in [1.165, 1.54) is 0 Å². The van der Waals surface area contributed by atoms with E-state index in [1.807, 2.05) is 18.2 Å². The quantitative estimate of drug-likeness (QED) is 0.717. The Morgan fingerprint density at radius 2 is 2.17 bits per heavy atom. The minimum absolute atomic E-state index is 0.281. The van der Waals surface area contributed by atoms with Crippen LogP contribution in [0, 0.1) is 0 Å². The van der Waals surface area contributed by atoms with Crippen LogP contribution < -0.4 is 0 Å². The van der Waals surface area contributed by atoms with Crippen molar-refractivity contribution in [2.75, 3.05) is 6.61 Å². The van der Waals surface area contributed by atoms with Gasteiger partial charge in [-0.1, -0.05) is 55.4 Å². The van der Waals surface area contributed by atoms with Crippen LogP contribution in [-0.4, -0.2) is 27.5 Å². The predicted molar refractivity (Wildman–Crippen MR) is 94.1 cm³/mol. The molecule has 1 aliphatic rings. The van der Waals surface area contributed by atoms with Crippen molar-refractivity contribution in [2.45, 2.75) is 56.2 Å². The molecule has 0 radical (unpaired) electrons. The second kappa shape index (κ2) is 7.69. The van der Waals surface area contributed by atoms with Crippen LogP contribution in [0.15, 0.2) is 29.4 Å². The molecule has 1 fully saturated rings. The number of ether oxygens (including phenoxy) is 1. The number of hydrogen-bond donors (Lipinski definition) is 0. The largest absolute Gasteiger partial charge is 0.376 e. The lowest BCUT2D eigenvalue weighted by Crippen LogP contribution is -2.18. The molecule has 0 bridgehead atoms. The lowest BCUT2D eigenvalue weighted by atomic mass is 10.2. The number of halogens is 1. The molecule has 2 heterocycles. The van der Waals surface area contributed by atoms with Gasteiger partial charge >= 0.3 is 0 Å². The molecule has 0 aliphatic carbocycles. The van der Waals surface area contributed by atoms with Crippen molar-refractivity contribution in [1.29, 1.82) is 0 Å². The number of thioether (sulfide) groups is 1. The Balaban J connectivity index is 1.76. The molecule has 23 heavy (non-hydrogen) atoms. The van der Waals surface area contributed by atoms with Crippen LogP contribution in [0.2, 0.25) is 5.02 Å². The summed E-state index contributed by atoms with van der Waals surface area (Å²) in [6.07, 6.45) is 2.54. The molecule has 124 valence electrons. The molecule has 1 atom stereocenters. The summed E-state index contributed by atoms with van der Waals surface area (Å²) in [5.74, 6) is 2.17. The Morgan fingerprint density at radius 1 is 1.35 bits per heavy atom. The van der Waals surface area contributed by atoms with Gasteiger partial charge in [0.2, 0.25) is 0 Å². The minimum atomic E-state index is 0.281. The van der Waals surface area contributed by atoms with E-state index in [1.54, 1.807) is 11.8 Å². The van der Waals surface area contributed by atoms with Gasteiger partial charge in [0, 0.05) is 23.3 Å². The van der Waals surface area contributed by atoms with Crippen LogP contribution in [0.3, 0.4) is 0 Å². The van der Waals surface area contributed by atoms with Crippen molar-refractivity contribution in [3.05, 3.63) is 40.7 Å². The molecule has 0 amide bonds. The number of hydrogen-bond acceptors (Lipinski definition) is 4. The van der Waals surface area contributed by atoms with Crippen LogP contribution in [0.4, 0.5) is 0 Å². The summed E-state index contributed by atoms with van der Waals surface area (Å²) in [7, 11) is 0. The van der Waals surface area contributed by atoms with Gasteiger partial charge in [0.25, 0.3) is 0 Å². The summed E-state index contributed by atoms with van der Waals surface area (Å²) >= 11 is 7.93. The Labute approximate surface area is 146 Å². The minimum Gasteiger partial charge on any atom is -0.376 e. The second-order valence-corrected chi connectivity index (χ2v) is 7.47. The van der Waals surface area contributed by atoms with Crippen LogP contribution in [0.25, 0.3) is 0 Å². The summed E-state index contributed by atoms with van der Waals surface area (Å²) in [4.78, 5) is 0. The molecule has 3 rings (SSSR count). The monoisotopic (exact) mass is 351 g/mol. The van der Waals surface area contributed by atoms with Crippen molar-refractivity contribution < 1.29 is 4.74 Å². The first-order valence-electron chi connectivity index (χ1n) is 8.06. The molecular weight excluding hydrogens is 330 g/mol. The molecule has 1 saturated heterocycles. The summed E-state index contributed by atoms with van der Waals surface area (Å²) in [6.45, 7) is 6.01. The van der Waals surface area contributed by atoms with Crippen LogP contribution in [0.1, 0.15) is 44.0 Å². The van der Waals surface area contributed by atoms with Crippen molar-refractivity contribution in [2.24, 2.45) is 0 Å². The van der Waals surface area contributed by atoms with Gasteiger partial charge in [-0.15, -0.1) is 10.2 Å². The normalized spacial score (nSPS) is 18.0. The van der Waals surface area contributed by atoms with E-state index in [0.717, 1.165) is 53.3 Å². The molecular formula is C17H22ClN3OS. The molecule has 6 heteroatoms. The van der Waals surface area contributed by atoms with Crippen LogP contribution in [0.5, 0.6) is 0 Å². The maximum atomic E-state index is 6.25. The predicted octanol–water partition coefficient (Wildman–Crippen LogP) is 4.53. The van der Waals surface area contributed by atoms with Crippen LogP contribution in [-0.2, 0) is 17.0 Å². The highest BCUT2D eigenvalue weighted by Crippen LogP contribution is 2.28. The third kappa shape index (κ3) is 4.08. The molecule has 1 aromatic carbocycles. The van der Waals surface area contributed by atoms with Crippen molar-refractivity contribution in [1.82, 2.24) is 14.8 Å². The molecule has 1 unspecified atom stereocenters. The van der Waals surface area contributed by atoms with E-state index >= 15 is 0 Å². The molecule has 0 saturated carbocycles. The molecule has 4 nitrogen and oxygen atoms in total. The first-order chi connectivity index (χ1) is 11.1. The Kier molecular flexibility index (Phi) is 5.62.